The summed E-state index contributed by atoms with van der Waals surface area (Å²) in [6.45, 7) is 5.07. The normalized spacial score (nSPS) is 14.0. The maximum absolute atomic E-state index is 12.9. The molecule has 2 aromatic rings. The fraction of sp³-hybridized carbons (Fsp3) is 0.333. The Labute approximate surface area is 149 Å². The number of aromatic nitrogens is 1. The fourth-order valence-corrected chi connectivity index (χ4v) is 3.42. The SMILES string of the molecule is CC(C)c1ccc2c(c1)CCCN2C(=O)c1cc(Br)cnc1Cl. The van der Waals surface area contributed by atoms with Crippen LogP contribution in [0.1, 0.15) is 47.7 Å². The molecule has 0 fully saturated rings. The number of anilines is 1. The van der Waals surface area contributed by atoms with Gasteiger partial charge in [-0.3, -0.25) is 4.79 Å². The van der Waals surface area contributed by atoms with Crippen LogP contribution in [0.15, 0.2) is 34.9 Å². The van der Waals surface area contributed by atoms with Gasteiger partial charge in [0.05, 0.1) is 5.56 Å². The number of nitrogens with zero attached hydrogens (tertiary/aromatic N) is 2. The van der Waals surface area contributed by atoms with E-state index in [1.807, 2.05) is 4.90 Å². The van der Waals surface area contributed by atoms with Gasteiger partial charge in [-0.2, -0.15) is 0 Å². The minimum Gasteiger partial charge on any atom is -0.308 e. The Morgan fingerprint density at radius 2 is 2.13 bits per heavy atom. The third kappa shape index (κ3) is 3.29. The number of hydrogen-bond acceptors (Lipinski definition) is 2. The van der Waals surface area contributed by atoms with Crippen molar-refractivity contribution >= 4 is 39.1 Å². The number of aryl methyl sites for hydroxylation is 1. The number of pyridine rings is 1. The molecule has 1 aliphatic heterocycles. The Kier molecular flexibility index (Phi) is 4.74. The summed E-state index contributed by atoms with van der Waals surface area (Å²) in [4.78, 5) is 18.8. The third-order valence-corrected chi connectivity index (χ3v) is 4.90. The van der Waals surface area contributed by atoms with Crippen LogP contribution >= 0.6 is 27.5 Å². The summed E-state index contributed by atoms with van der Waals surface area (Å²) >= 11 is 9.48. The van der Waals surface area contributed by atoms with Crippen molar-refractivity contribution in [3.8, 4) is 0 Å². The number of carbonyl (C=O) groups excluding carboxylic acids is 1. The molecule has 0 radical (unpaired) electrons. The number of fused-ring (bicyclic) bond motifs is 1. The Bertz CT molecular complexity index is 761. The molecule has 0 bridgehead atoms. The highest BCUT2D eigenvalue weighted by Gasteiger charge is 2.26. The molecule has 1 aliphatic rings. The van der Waals surface area contributed by atoms with Gasteiger partial charge in [-0.25, -0.2) is 4.98 Å². The van der Waals surface area contributed by atoms with Gasteiger partial charge in [0.25, 0.3) is 5.91 Å². The van der Waals surface area contributed by atoms with E-state index in [2.05, 4.69) is 53.0 Å². The monoisotopic (exact) mass is 392 g/mol. The van der Waals surface area contributed by atoms with E-state index in [1.165, 1.54) is 11.1 Å². The number of hydrogen-bond donors (Lipinski definition) is 0. The summed E-state index contributed by atoms with van der Waals surface area (Å²) in [5, 5.41) is 0.240. The topological polar surface area (TPSA) is 33.2 Å². The predicted octanol–water partition coefficient (Wildman–Crippen LogP) is 5.21. The van der Waals surface area contributed by atoms with Gasteiger partial charge in [0.15, 0.2) is 0 Å². The van der Waals surface area contributed by atoms with Crippen molar-refractivity contribution in [2.45, 2.75) is 32.6 Å². The second-order valence-corrected chi connectivity index (χ2v) is 7.37. The smallest absolute Gasteiger partial charge is 0.261 e. The fourth-order valence-electron chi connectivity index (χ4n) is 2.91. The number of halogens is 2. The number of benzene rings is 1. The van der Waals surface area contributed by atoms with E-state index in [0.29, 0.717) is 18.0 Å². The maximum Gasteiger partial charge on any atom is 0.261 e. The van der Waals surface area contributed by atoms with Gasteiger partial charge in [0, 0.05) is 22.9 Å². The van der Waals surface area contributed by atoms with E-state index in [4.69, 9.17) is 11.6 Å². The van der Waals surface area contributed by atoms with Gasteiger partial charge in [-0.1, -0.05) is 37.6 Å². The summed E-state index contributed by atoms with van der Waals surface area (Å²) < 4.78 is 0.748. The van der Waals surface area contributed by atoms with E-state index in [9.17, 15) is 4.79 Å². The molecule has 120 valence electrons. The zero-order valence-corrected chi connectivity index (χ0v) is 15.5. The summed E-state index contributed by atoms with van der Waals surface area (Å²) in [5.41, 5.74) is 3.96. The molecule has 1 aromatic heterocycles. The molecule has 5 heteroatoms. The number of carbonyl (C=O) groups is 1. The first kappa shape index (κ1) is 16.5. The minimum absolute atomic E-state index is 0.0953. The van der Waals surface area contributed by atoms with Gasteiger partial charge in [0.1, 0.15) is 5.15 Å². The van der Waals surface area contributed by atoms with E-state index < -0.39 is 0 Å². The molecule has 0 atom stereocenters. The van der Waals surface area contributed by atoms with Crippen molar-refractivity contribution < 1.29 is 4.79 Å². The first-order chi connectivity index (χ1) is 11.0. The Morgan fingerprint density at radius 1 is 1.35 bits per heavy atom. The maximum atomic E-state index is 12.9. The van der Waals surface area contributed by atoms with E-state index >= 15 is 0 Å². The molecular weight excluding hydrogens is 376 g/mol. The van der Waals surface area contributed by atoms with Crippen LogP contribution in [-0.2, 0) is 6.42 Å². The van der Waals surface area contributed by atoms with Crippen LogP contribution in [0.4, 0.5) is 5.69 Å². The van der Waals surface area contributed by atoms with E-state index in [1.54, 1.807) is 12.3 Å². The van der Waals surface area contributed by atoms with Gasteiger partial charge in [0.2, 0.25) is 0 Å². The standard InChI is InChI=1S/C18H18BrClN2O/c1-11(2)12-5-6-16-13(8-12)4-3-7-22(16)18(23)15-9-14(19)10-21-17(15)20/h5-6,8-11H,3-4,7H2,1-2H3. The molecule has 1 amide bonds. The lowest BCUT2D eigenvalue weighted by Crippen LogP contribution is -2.35. The van der Waals surface area contributed by atoms with Crippen LogP contribution in [0.5, 0.6) is 0 Å². The molecule has 0 spiro atoms. The van der Waals surface area contributed by atoms with Crippen LogP contribution in [0.3, 0.4) is 0 Å². The molecule has 3 nitrogen and oxygen atoms in total. The molecule has 0 N–H and O–H groups in total. The minimum atomic E-state index is -0.0953. The molecule has 0 aliphatic carbocycles. The van der Waals surface area contributed by atoms with E-state index in [0.717, 1.165) is 23.0 Å². The van der Waals surface area contributed by atoms with Crippen LogP contribution in [0.2, 0.25) is 5.15 Å². The molecule has 0 saturated heterocycles. The summed E-state index contributed by atoms with van der Waals surface area (Å²) in [6.07, 6.45) is 3.56. The second-order valence-electron chi connectivity index (χ2n) is 6.10. The van der Waals surface area contributed by atoms with Crippen molar-refractivity contribution in [2.75, 3.05) is 11.4 Å². The third-order valence-electron chi connectivity index (χ3n) is 4.17. The van der Waals surface area contributed by atoms with Crippen LogP contribution < -0.4 is 4.90 Å². The summed E-state index contributed by atoms with van der Waals surface area (Å²) in [7, 11) is 0. The Morgan fingerprint density at radius 3 is 2.87 bits per heavy atom. The molecule has 2 heterocycles. The van der Waals surface area contributed by atoms with Crippen LogP contribution in [0.25, 0.3) is 0 Å². The van der Waals surface area contributed by atoms with Crippen molar-refractivity contribution in [2.24, 2.45) is 0 Å². The highest BCUT2D eigenvalue weighted by atomic mass is 79.9. The van der Waals surface area contributed by atoms with Gasteiger partial charge >= 0.3 is 0 Å². The summed E-state index contributed by atoms with van der Waals surface area (Å²) in [5.74, 6) is 0.386. The lowest BCUT2D eigenvalue weighted by atomic mass is 9.94. The molecular formula is C18H18BrClN2O. The largest absolute Gasteiger partial charge is 0.308 e. The number of amides is 1. The molecule has 0 saturated carbocycles. The van der Waals surface area contributed by atoms with Gasteiger partial charge in [-0.15, -0.1) is 0 Å². The predicted molar refractivity (Wildman–Crippen MR) is 97.5 cm³/mol. The first-order valence-electron chi connectivity index (χ1n) is 7.73. The number of rotatable bonds is 2. The highest BCUT2D eigenvalue weighted by Crippen LogP contribution is 2.32. The quantitative estimate of drug-likeness (QED) is 0.656. The van der Waals surface area contributed by atoms with Crippen molar-refractivity contribution in [1.82, 2.24) is 4.98 Å². The zero-order valence-electron chi connectivity index (χ0n) is 13.1. The van der Waals surface area contributed by atoms with Crippen molar-refractivity contribution in [1.29, 1.82) is 0 Å². The lowest BCUT2D eigenvalue weighted by molar-refractivity contribution is 0.0985. The molecule has 23 heavy (non-hydrogen) atoms. The van der Waals surface area contributed by atoms with Gasteiger partial charge < -0.3 is 4.90 Å². The summed E-state index contributed by atoms with van der Waals surface area (Å²) in [6, 6.07) is 8.12. The Balaban J connectivity index is 1.99. The highest BCUT2D eigenvalue weighted by molar-refractivity contribution is 9.10. The average molecular weight is 394 g/mol. The average Bonchev–Trinajstić information content (AvgIpc) is 2.55. The first-order valence-corrected chi connectivity index (χ1v) is 8.90. The molecule has 0 unspecified atom stereocenters. The van der Waals surface area contributed by atoms with Crippen molar-refractivity contribution in [3.63, 3.8) is 0 Å². The van der Waals surface area contributed by atoms with Crippen LogP contribution in [-0.4, -0.2) is 17.4 Å². The second kappa shape index (κ2) is 6.62. The lowest BCUT2D eigenvalue weighted by Gasteiger charge is -2.30. The molecule has 1 aromatic carbocycles. The van der Waals surface area contributed by atoms with E-state index in [-0.39, 0.29) is 11.1 Å². The zero-order chi connectivity index (χ0) is 16.6. The van der Waals surface area contributed by atoms with Gasteiger partial charge in [-0.05, 0) is 57.9 Å². The molecule has 3 rings (SSSR count). The Hall–Kier alpha value is -1.39. The van der Waals surface area contributed by atoms with Crippen LogP contribution in [0, 0.1) is 0 Å². The van der Waals surface area contributed by atoms with Crippen molar-refractivity contribution in [3.05, 3.63) is 56.8 Å².